The van der Waals surface area contributed by atoms with Crippen molar-refractivity contribution in [2.45, 2.75) is 0 Å². The van der Waals surface area contributed by atoms with Gasteiger partial charge >= 0.3 is 0 Å². The van der Waals surface area contributed by atoms with Crippen molar-refractivity contribution in [3.8, 4) is 0 Å². The summed E-state index contributed by atoms with van der Waals surface area (Å²) in [6, 6.07) is 14.2. The Bertz CT molecular complexity index is 859. The summed E-state index contributed by atoms with van der Waals surface area (Å²) in [4.78, 5) is 20.7. The van der Waals surface area contributed by atoms with Gasteiger partial charge in [-0.15, -0.1) is 0 Å². The molecule has 3 rings (SSSR count). The summed E-state index contributed by atoms with van der Waals surface area (Å²) in [6.07, 6.45) is 1.83. The Labute approximate surface area is 150 Å². The number of para-hydroxylation sites is 1. The molecule has 0 atom stereocenters. The molecular formula is C19H18FN3OS. The van der Waals surface area contributed by atoms with Crippen molar-refractivity contribution in [3.63, 3.8) is 0 Å². The third kappa shape index (κ3) is 3.74. The second kappa shape index (κ2) is 7.11. The van der Waals surface area contributed by atoms with Gasteiger partial charge in [0, 0.05) is 26.8 Å². The van der Waals surface area contributed by atoms with E-state index >= 15 is 0 Å². The van der Waals surface area contributed by atoms with Crippen LogP contribution < -0.4 is 4.90 Å². The van der Waals surface area contributed by atoms with Gasteiger partial charge < -0.3 is 4.90 Å². The van der Waals surface area contributed by atoms with E-state index in [1.807, 2.05) is 49.3 Å². The van der Waals surface area contributed by atoms with E-state index < -0.39 is 5.82 Å². The molecule has 2 aromatic rings. The van der Waals surface area contributed by atoms with Gasteiger partial charge in [-0.2, -0.15) is 0 Å². The van der Waals surface area contributed by atoms with E-state index in [4.69, 9.17) is 0 Å². The minimum absolute atomic E-state index is 0.142. The Kier molecular flexibility index (Phi) is 4.90. The summed E-state index contributed by atoms with van der Waals surface area (Å²) in [5, 5.41) is 0.464. The molecule has 1 saturated heterocycles. The molecule has 25 heavy (non-hydrogen) atoms. The van der Waals surface area contributed by atoms with Crippen LogP contribution in [0, 0.1) is 5.82 Å². The smallest absolute Gasteiger partial charge is 0.266 e. The Morgan fingerprint density at radius 3 is 2.44 bits per heavy atom. The summed E-state index contributed by atoms with van der Waals surface area (Å²) >= 11 is 1.25. The molecule has 0 aliphatic carbocycles. The number of thioether (sulfide) groups is 1. The number of amidine groups is 1. The third-order valence-electron chi connectivity index (χ3n) is 3.78. The van der Waals surface area contributed by atoms with Crippen molar-refractivity contribution in [2.75, 3.05) is 26.0 Å². The van der Waals surface area contributed by atoms with Crippen molar-refractivity contribution in [3.05, 3.63) is 64.8 Å². The minimum Gasteiger partial charge on any atom is -0.378 e. The predicted octanol–water partition coefficient (Wildman–Crippen LogP) is 4.13. The van der Waals surface area contributed by atoms with Crippen LogP contribution in [-0.2, 0) is 4.79 Å². The third-order valence-corrected chi connectivity index (χ3v) is 4.84. The van der Waals surface area contributed by atoms with Crippen LogP contribution in [0.5, 0.6) is 0 Å². The fourth-order valence-corrected chi connectivity index (χ4v) is 3.30. The van der Waals surface area contributed by atoms with Crippen LogP contribution in [0.3, 0.4) is 0 Å². The zero-order valence-electron chi connectivity index (χ0n) is 14.2. The number of amides is 1. The lowest BCUT2D eigenvalue weighted by Gasteiger charge is -2.11. The normalized spacial score (nSPS) is 17.6. The predicted molar refractivity (Wildman–Crippen MR) is 103 cm³/mol. The number of halogens is 1. The van der Waals surface area contributed by atoms with E-state index in [0.717, 1.165) is 11.3 Å². The van der Waals surface area contributed by atoms with Crippen molar-refractivity contribution in [1.29, 1.82) is 0 Å². The van der Waals surface area contributed by atoms with E-state index in [2.05, 4.69) is 4.99 Å². The lowest BCUT2D eigenvalue weighted by atomic mass is 10.2. The van der Waals surface area contributed by atoms with Crippen LogP contribution in [0.1, 0.15) is 5.56 Å². The van der Waals surface area contributed by atoms with Crippen LogP contribution in [0.2, 0.25) is 0 Å². The zero-order valence-corrected chi connectivity index (χ0v) is 15.0. The molecule has 4 nitrogen and oxygen atoms in total. The molecule has 1 amide bonds. The Morgan fingerprint density at radius 2 is 1.80 bits per heavy atom. The van der Waals surface area contributed by atoms with E-state index in [-0.39, 0.29) is 11.6 Å². The average molecular weight is 355 g/mol. The Morgan fingerprint density at radius 1 is 1.12 bits per heavy atom. The molecule has 0 saturated carbocycles. The molecule has 128 valence electrons. The maximum Gasteiger partial charge on any atom is 0.266 e. The van der Waals surface area contributed by atoms with Crippen molar-refractivity contribution >= 4 is 40.3 Å². The van der Waals surface area contributed by atoms with E-state index in [1.54, 1.807) is 25.2 Å². The minimum atomic E-state index is -0.409. The summed E-state index contributed by atoms with van der Waals surface area (Å²) < 4.78 is 13.8. The number of rotatable bonds is 3. The van der Waals surface area contributed by atoms with Gasteiger partial charge in [-0.25, -0.2) is 9.38 Å². The molecule has 0 N–H and O–H groups in total. The first-order valence-electron chi connectivity index (χ1n) is 7.74. The standard InChI is InChI=1S/C19H18FN3OS/c1-22(2)14-10-8-13(9-11-14)12-17-18(24)23(3)19(25-17)21-16-7-5-4-6-15(16)20/h4-12H,1-3H3/b17-12+,21-19?. The number of likely N-dealkylation sites (N-methyl/N-ethyl adjacent to an activating group) is 1. The molecule has 1 aliphatic rings. The first-order valence-corrected chi connectivity index (χ1v) is 8.55. The summed E-state index contributed by atoms with van der Waals surface area (Å²) in [5.74, 6) is -0.551. The molecule has 1 fully saturated rings. The van der Waals surface area contributed by atoms with E-state index in [0.29, 0.717) is 10.1 Å². The molecule has 2 aromatic carbocycles. The van der Waals surface area contributed by atoms with Crippen LogP contribution >= 0.6 is 11.8 Å². The number of anilines is 1. The molecule has 0 spiro atoms. The van der Waals surface area contributed by atoms with Crippen LogP contribution in [0.25, 0.3) is 6.08 Å². The van der Waals surface area contributed by atoms with Gasteiger partial charge in [-0.3, -0.25) is 9.69 Å². The van der Waals surface area contributed by atoms with Gasteiger partial charge in [0.1, 0.15) is 11.5 Å². The maximum absolute atomic E-state index is 13.8. The first kappa shape index (κ1) is 17.2. The van der Waals surface area contributed by atoms with Crippen LogP contribution in [0.15, 0.2) is 58.4 Å². The van der Waals surface area contributed by atoms with Gasteiger partial charge in [0.05, 0.1) is 4.91 Å². The highest BCUT2D eigenvalue weighted by Gasteiger charge is 2.30. The van der Waals surface area contributed by atoms with Gasteiger partial charge in [0.15, 0.2) is 5.17 Å². The quantitative estimate of drug-likeness (QED) is 0.777. The second-order valence-corrected chi connectivity index (χ2v) is 6.82. The molecular weight excluding hydrogens is 337 g/mol. The average Bonchev–Trinajstić information content (AvgIpc) is 2.85. The van der Waals surface area contributed by atoms with Crippen molar-refractivity contribution < 1.29 is 9.18 Å². The lowest BCUT2D eigenvalue weighted by Crippen LogP contribution is -2.23. The molecule has 1 heterocycles. The van der Waals surface area contributed by atoms with Crippen LogP contribution in [-0.4, -0.2) is 37.1 Å². The molecule has 0 bridgehead atoms. The maximum atomic E-state index is 13.8. The zero-order chi connectivity index (χ0) is 18.0. The van der Waals surface area contributed by atoms with Crippen LogP contribution in [0.4, 0.5) is 15.8 Å². The highest BCUT2D eigenvalue weighted by molar-refractivity contribution is 8.18. The van der Waals surface area contributed by atoms with Crippen molar-refractivity contribution in [2.24, 2.45) is 4.99 Å². The van der Waals surface area contributed by atoms with E-state index in [1.165, 1.54) is 22.7 Å². The second-order valence-electron chi connectivity index (χ2n) is 5.81. The topological polar surface area (TPSA) is 35.9 Å². The summed E-state index contributed by atoms with van der Waals surface area (Å²) in [6.45, 7) is 0. The number of benzene rings is 2. The number of hydrogen-bond donors (Lipinski definition) is 0. The summed E-state index contributed by atoms with van der Waals surface area (Å²) in [5.41, 5.74) is 2.25. The monoisotopic (exact) mass is 355 g/mol. The number of hydrogen-bond acceptors (Lipinski definition) is 4. The highest BCUT2D eigenvalue weighted by Crippen LogP contribution is 2.33. The number of aliphatic imine (C=N–C) groups is 1. The van der Waals surface area contributed by atoms with Crippen molar-refractivity contribution in [1.82, 2.24) is 4.90 Å². The molecule has 0 radical (unpaired) electrons. The Hall–Kier alpha value is -2.60. The molecule has 6 heteroatoms. The van der Waals surface area contributed by atoms with Gasteiger partial charge in [0.25, 0.3) is 5.91 Å². The molecule has 0 unspecified atom stereocenters. The fraction of sp³-hybridized carbons (Fsp3) is 0.158. The van der Waals surface area contributed by atoms with E-state index in [9.17, 15) is 9.18 Å². The van der Waals surface area contributed by atoms with Gasteiger partial charge in [-0.05, 0) is 47.7 Å². The SMILES string of the molecule is CN1C(=O)/C(=C\c2ccc(N(C)C)cc2)SC1=Nc1ccccc1F. The number of carbonyl (C=O) groups excluding carboxylic acids is 1. The summed E-state index contributed by atoms with van der Waals surface area (Å²) in [7, 11) is 5.60. The number of nitrogens with zero attached hydrogens (tertiary/aromatic N) is 3. The lowest BCUT2D eigenvalue weighted by molar-refractivity contribution is -0.121. The largest absolute Gasteiger partial charge is 0.378 e. The van der Waals surface area contributed by atoms with Gasteiger partial charge in [0.2, 0.25) is 0 Å². The van der Waals surface area contributed by atoms with Gasteiger partial charge in [-0.1, -0.05) is 24.3 Å². The fourth-order valence-electron chi connectivity index (χ4n) is 2.32. The molecule has 0 aromatic heterocycles. The number of carbonyl (C=O) groups is 1. The first-order chi connectivity index (χ1) is 12.0. The Balaban J connectivity index is 1.87. The highest BCUT2D eigenvalue weighted by atomic mass is 32.2. The molecule has 1 aliphatic heterocycles.